The maximum Gasteiger partial charge on any atom is 0.235 e. The topological polar surface area (TPSA) is 35.1 Å². The number of para-hydroxylation sites is 3. The summed E-state index contributed by atoms with van der Waals surface area (Å²) in [5, 5.41) is 8.63. The summed E-state index contributed by atoms with van der Waals surface area (Å²) in [6.45, 7) is 0. The Hall–Kier alpha value is -5.74. The lowest BCUT2D eigenvalue weighted by molar-refractivity contribution is 1.02. The van der Waals surface area contributed by atoms with E-state index in [9.17, 15) is 0 Å². The molecule has 0 saturated heterocycles. The van der Waals surface area contributed by atoms with E-state index in [-0.39, 0.29) is 0 Å². The summed E-state index contributed by atoms with van der Waals surface area (Å²) in [6.07, 6.45) is 0. The zero-order valence-corrected chi connectivity index (χ0v) is 22.3. The molecule has 6 aromatic carbocycles. The second kappa shape index (κ2) is 7.12. The molecule has 0 unspecified atom stereocenters. The third-order valence-electron chi connectivity index (χ3n) is 9.39. The molecule has 0 saturated carbocycles. The lowest BCUT2D eigenvalue weighted by atomic mass is 10.0. The van der Waals surface area contributed by atoms with Gasteiger partial charge >= 0.3 is 0 Å². The summed E-state index contributed by atoms with van der Waals surface area (Å²) in [6, 6.07) is 43.7. The lowest BCUT2D eigenvalue weighted by Gasteiger charge is -2.10. The summed E-state index contributed by atoms with van der Waals surface area (Å²) in [5.41, 5.74) is 11.6. The normalized spacial score (nSPS) is 12.8. The molecule has 0 spiro atoms. The van der Waals surface area contributed by atoms with Gasteiger partial charge in [0.25, 0.3) is 0 Å². The van der Waals surface area contributed by atoms with Crippen molar-refractivity contribution in [1.29, 1.82) is 0 Å². The molecule has 4 heteroatoms. The maximum absolute atomic E-state index is 5.37. The number of aromatic nitrogens is 4. The van der Waals surface area contributed by atoms with Crippen LogP contribution in [0.25, 0.3) is 99.1 Å². The highest BCUT2D eigenvalue weighted by Crippen LogP contribution is 2.48. The van der Waals surface area contributed by atoms with Crippen molar-refractivity contribution in [3.63, 3.8) is 0 Å². The van der Waals surface area contributed by atoms with Crippen LogP contribution < -0.4 is 0 Å². The van der Waals surface area contributed by atoms with Crippen molar-refractivity contribution in [2.45, 2.75) is 0 Å². The first-order chi connectivity index (χ1) is 20.9. The Morgan fingerprint density at radius 1 is 0.429 bits per heavy atom. The molecule has 1 aliphatic carbocycles. The molecule has 0 N–H and O–H groups in total. The number of fused-ring (bicyclic) bond motifs is 13. The van der Waals surface area contributed by atoms with Crippen LogP contribution in [-0.2, 0) is 0 Å². The Bertz CT molecular complexity index is 2800. The Labute approximate surface area is 239 Å². The molecule has 0 atom stereocenters. The zero-order valence-electron chi connectivity index (χ0n) is 22.3. The van der Waals surface area contributed by atoms with Gasteiger partial charge in [-0.3, -0.25) is 4.57 Å². The summed E-state index contributed by atoms with van der Waals surface area (Å²) < 4.78 is 4.76. The Balaban J connectivity index is 1.40. The molecule has 0 amide bonds. The maximum atomic E-state index is 5.37. The van der Waals surface area contributed by atoms with Crippen LogP contribution in [0, 0.1) is 0 Å². The predicted octanol–water partition coefficient (Wildman–Crippen LogP) is 9.52. The average molecular weight is 533 g/mol. The highest BCUT2D eigenvalue weighted by Gasteiger charge is 2.27. The number of hydrogen-bond donors (Lipinski definition) is 0. The molecule has 4 nitrogen and oxygen atoms in total. The van der Waals surface area contributed by atoms with Crippen LogP contribution in [0.3, 0.4) is 0 Å². The summed E-state index contributed by atoms with van der Waals surface area (Å²) in [7, 11) is 0. The second-order valence-electron chi connectivity index (χ2n) is 11.4. The van der Waals surface area contributed by atoms with Gasteiger partial charge in [-0.15, -0.1) is 0 Å². The third kappa shape index (κ3) is 2.30. The molecule has 42 heavy (non-hydrogen) atoms. The Kier molecular flexibility index (Phi) is 3.57. The fourth-order valence-electron chi connectivity index (χ4n) is 7.78. The van der Waals surface area contributed by atoms with Gasteiger partial charge in [0.05, 0.1) is 38.8 Å². The molecular weight excluding hydrogens is 512 g/mol. The van der Waals surface area contributed by atoms with Gasteiger partial charge in [-0.05, 0) is 41.5 Å². The van der Waals surface area contributed by atoms with Crippen molar-refractivity contribution >= 4 is 70.8 Å². The average Bonchev–Trinajstić information content (AvgIpc) is 3.76. The van der Waals surface area contributed by atoms with Crippen LogP contribution in [0.2, 0.25) is 0 Å². The van der Waals surface area contributed by atoms with Crippen molar-refractivity contribution in [3.05, 3.63) is 121 Å². The molecule has 4 aromatic heterocycles. The molecule has 0 fully saturated rings. The molecule has 0 aliphatic heterocycles. The largest absolute Gasteiger partial charge is 0.308 e. The van der Waals surface area contributed by atoms with Crippen molar-refractivity contribution in [1.82, 2.24) is 18.9 Å². The van der Waals surface area contributed by atoms with E-state index in [0.717, 1.165) is 27.6 Å². The van der Waals surface area contributed by atoms with Gasteiger partial charge in [-0.1, -0.05) is 91.0 Å². The van der Waals surface area contributed by atoms with E-state index in [1.807, 2.05) is 0 Å². The Morgan fingerprint density at radius 3 is 1.88 bits per heavy atom. The Morgan fingerprint density at radius 2 is 1.05 bits per heavy atom. The van der Waals surface area contributed by atoms with E-state index < -0.39 is 0 Å². The minimum atomic E-state index is 0.709. The van der Waals surface area contributed by atoms with E-state index in [1.54, 1.807) is 0 Å². The van der Waals surface area contributed by atoms with Crippen molar-refractivity contribution < 1.29 is 0 Å². The summed E-state index contributed by atoms with van der Waals surface area (Å²) >= 11 is 0. The molecule has 0 radical (unpaired) electrons. The van der Waals surface area contributed by atoms with E-state index >= 15 is 0 Å². The van der Waals surface area contributed by atoms with Crippen LogP contribution in [0.1, 0.15) is 0 Å². The number of rotatable bonds is 1. The molecular formula is C38H20N4. The first-order valence-corrected chi connectivity index (χ1v) is 14.4. The van der Waals surface area contributed by atoms with Crippen LogP contribution in [0.15, 0.2) is 121 Å². The summed E-state index contributed by atoms with van der Waals surface area (Å²) in [4.78, 5) is 10.7. The van der Waals surface area contributed by atoms with Crippen LogP contribution in [0.4, 0.5) is 0 Å². The fraction of sp³-hybridized carbons (Fsp3) is 0. The van der Waals surface area contributed by atoms with Gasteiger partial charge < -0.3 is 4.40 Å². The quantitative estimate of drug-likeness (QED) is 0.211. The second-order valence-corrected chi connectivity index (χ2v) is 11.4. The van der Waals surface area contributed by atoms with Gasteiger partial charge in [-0.25, -0.2) is 9.97 Å². The van der Waals surface area contributed by atoms with Gasteiger partial charge in [0.1, 0.15) is 0 Å². The van der Waals surface area contributed by atoms with E-state index in [2.05, 4.69) is 130 Å². The minimum absolute atomic E-state index is 0.709. The van der Waals surface area contributed by atoms with Crippen molar-refractivity contribution in [2.24, 2.45) is 0 Å². The van der Waals surface area contributed by atoms with Crippen LogP contribution >= 0.6 is 0 Å². The third-order valence-corrected chi connectivity index (χ3v) is 9.39. The van der Waals surface area contributed by atoms with E-state index in [0.29, 0.717) is 5.95 Å². The monoisotopic (exact) mass is 532 g/mol. The first kappa shape index (κ1) is 21.1. The van der Waals surface area contributed by atoms with Gasteiger partial charge in [0.2, 0.25) is 5.95 Å². The lowest BCUT2D eigenvalue weighted by Crippen LogP contribution is -2.02. The van der Waals surface area contributed by atoms with E-state index in [4.69, 9.17) is 9.97 Å². The molecule has 4 heterocycles. The first-order valence-electron chi connectivity index (χ1n) is 14.4. The molecule has 0 bridgehead atoms. The predicted molar refractivity (Wildman–Crippen MR) is 173 cm³/mol. The molecule has 10 aromatic rings. The van der Waals surface area contributed by atoms with Gasteiger partial charge in [-0.2, -0.15) is 0 Å². The standard InChI is InChI=1S/C38H20N4/c1-2-13-25-21(10-1)24-15-9-16-29-33(24)35(25)40-38(39-29)42-31-18-7-4-12-23(31)28-20-27-22-11-3-6-17-30(22)41-32-19-8-5-14-26(32)34(36(27)41)37(28)42/h1-20H. The van der Waals surface area contributed by atoms with Crippen molar-refractivity contribution in [2.75, 3.05) is 0 Å². The smallest absolute Gasteiger partial charge is 0.235 e. The number of benzene rings is 6. The van der Waals surface area contributed by atoms with Crippen molar-refractivity contribution in [3.8, 4) is 28.3 Å². The fourth-order valence-corrected chi connectivity index (χ4v) is 7.78. The van der Waals surface area contributed by atoms with E-state index in [1.165, 1.54) is 65.6 Å². The highest BCUT2D eigenvalue weighted by atomic mass is 15.2. The SMILES string of the molecule is c1ccc2c(c1)-c1cccc3nc(-n4c5ccccc5c5cc6c7ccccc7n7c8ccccc8c(c54)c67)nc-2c13. The zero-order chi connectivity index (χ0) is 27.1. The van der Waals surface area contributed by atoms with Crippen LogP contribution in [-0.4, -0.2) is 18.9 Å². The van der Waals surface area contributed by atoms with Gasteiger partial charge in [0, 0.05) is 43.3 Å². The number of hydrogen-bond acceptors (Lipinski definition) is 2. The van der Waals surface area contributed by atoms with Gasteiger partial charge in [0.15, 0.2) is 0 Å². The van der Waals surface area contributed by atoms with Crippen LogP contribution in [0.5, 0.6) is 0 Å². The molecule has 192 valence electrons. The summed E-state index contributed by atoms with van der Waals surface area (Å²) in [5.74, 6) is 0.709. The minimum Gasteiger partial charge on any atom is -0.308 e. The highest BCUT2D eigenvalue weighted by molar-refractivity contribution is 6.34. The number of nitrogens with zero attached hydrogens (tertiary/aromatic N) is 4. The molecule has 11 rings (SSSR count). The molecule has 1 aliphatic rings.